The summed E-state index contributed by atoms with van der Waals surface area (Å²) in [5.74, 6) is -0.0734. The predicted molar refractivity (Wildman–Crippen MR) is 75.9 cm³/mol. The number of rotatable bonds is 5. The fraction of sp³-hybridized carbons (Fsp3) is 0.933. The van der Waals surface area contributed by atoms with E-state index in [0.717, 1.165) is 25.7 Å². The number of ether oxygens (including phenoxy) is 1. The average molecular weight is 271 g/mol. The molecule has 19 heavy (non-hydrogen) atoms. The smallest absolute Gasteiger partial charge is 0.222 e. The molecule has 1 amide bonds. The molecule has 0 aliphatic heterocycles. The summed E-state index contributed by atoms with van der Waals surface area (Å²) in [6.07, 6.45) is 4.89. The molecule has 0 aromatic heterocycles. The summed E-state index contributed by atoms with van der Waals surface area (Å²) in [6, 6.07) is 0. The van der Waals surface area contributed by atoms with E-state index in [-0.39, 0.29) is 23.8 Å². The van der Waals surface area contributed by atoms with E-state index in [2.05, 4.69) is 26.1 Å². The molecule has 1 aliphatic carbocycles. The zero-order valence-electron chi connectivity index (χ0n) is 12.8. The van der Waals surface area contributed by atoms with Crippen LogP contribution in [0.4, 0.5) is 0 Å². The first kappa shape index (κ1) is 16.4. The zero-order chi connectivity index (χ0) is 14.5. The van der Waals surface area contributed by atoms with Gasteiger partial charge in [-0.15, -0.1) is 0 Å². The van der Waals surface area contributed by atoms with Crippen molar-refractivity contribution in [3.8, 4) is 0 Å². The Kier molecular flexibility index (Phi) is 5.81. The highest BCUT2D eigenvalue weighted by Crippen LogP contribution is 2.30. The van der Waals surface area contributed by atoms with Crippen molar-refractivity contribution in [2.75, 3.05) is 13.7 Å². The van der Waals surface area contributed by atoms with Gasteiger partial charge in [0.05, 0.1) is 18.1 Å². The van der Waals surface area contributed by atoms with Gasteiger partial charge in [-0.05, 0) is 18.3 Å². The van der Waals surface area contributed by atoms with Gasteiger partial charge in [0.15, 0.2) is 0 Å². The Morgan fingerprint density at radius 1 is 1.32 bits per heavy atom. The number of amides is 1. The maximum Gasteiger partial charge on any atom is 0.222 e. The van der Waals surface area contributed by atoms with Crippen LogP contribution >= 0.6 is 0 Å². The van der Waals surface area contributed by atoms with Crippen LogP contribution in [0, 0.1) is 5.41 Å². The highest BCUT2D eigenvalue weighted by molar-refractivity contribution is 5.77. The average Bonchev–Trinajstić information content (AvgIpc) is 2.28. The number of hydrogen-bond donors (Lipinski definition) is 2. The minimum absolute atomic E-state index is 0.0101. The zero-order valence-corrected chi connectivity index (χ0v) is 12.8. The monoisotopic (exact) mass is 271 g/mol. The number of carbonyl (C=O) groups excluding carboxylic acids is 1. The normalized spacial score (nSPS) is 20.9. The number of methoxy groups -OCH3 is 1. The molecule has 0 spiro atoms. The summed E-state index contributed by atoms with van der Waals surface area (Å²) < 4.78 is 5.40. The minimum Gasteiger partial charge on any atom is -0.389 e. The number of aliphatic hydroxyl groups is 1. The molecule has 1 fully saturated rings. The lowest BCUT2D eigenvalue weighted by Gasteiger charge is -2.32. The van der Waals surface area contributed by atoms with E-state index < -0.39 is 5.60 Å². The van der Waals surface area contributed by atoms with Crippen LogP contribution in [0.3, 0.4) is 0 Å². The second-order valence-corrected chi connectivity index (χ2v) is 6.86. The minimum atomic E-state index is -0.785. The van der Waals surface area contributed by atoms with Crippen LogP contribution in [-0.2, 0) is 9.53 Å². The molecule has 1 atom stereocenters. The van der Waals surface area contributed by atoms with Gasteiger partial charge in [0.2, 0.25) is 5.91 Å². The lowest BCUT2D eigenvalue weighted by Crippen LogP contribution is -2.43. The van der Waals surface area contributed by atoms with Crippen molar-refractivity contribution < 1.29 is 14.6 Å². The van der Waals surface area contributed by atoms with Crippen LogP contribution in [0.2, 0.25) is 0 Å². The molecule has 0 aromatic carbocycles. The molecule has 0 saturated heterocycles. The van der Waals surface area contributed by atoms with Gasteiger partial charge < -0.3 is 15.2 Å². The van der Waals surface area contributed by atoms with Gasteiger partial charge in [0.1, 0.15) is 0 Å². The molecule has 1 rings (SSSR count). The topological polar surface area (TPSA) is 58.6 Å². The van der Waals surface area contributed by atoms with Gasteiger partial charge in [-0.1, -0.05) is 40.0 Å². The summed E-state index contributed by atoms with van der Waals surface area (Å²) in [6.45, 7) is 6.75. The van der Waals surface area contributed by atoms with Gasteiger partial charge in [0.25, 0.3) is 0 Å². The highest BCUT2D eigenvalue weighted by Gasteiger charge is 2.32. The van der Waals surface area contributed by atoms with Crippen molar-refractivity contribution >= 4 is 5.91 Å². The number of hydrogen-bond acceptors (Lipinski definition) is 3. The Hall–Kier alpha value is -0.610. The van der Waals surface area contributed by atoms with E-state index in [1.165, 1.54) is 6.42 Å². The van der Waals surface area contributed by atoms with Crippen molar-refractivity contribution in [2.45, 2.75) is 71.0 Å². The fourth-order valence-corrected chi connectivity index (χ4v) is 2.70. The first-order chi connectivity index (χ1) is 8.77. The molecule has 112 valence electrons. The standard InChI is InChI=1S/C15H29NO3/c1-14(2,3)12(19-4)11-16-13(17)10-15(18)8-6-5-7-9-15/h12,18H,5-11H2,1-4H3,(H,16,17). The Morgan fingerprint density at radius 2 is 1.89 bits per heavy atom. The maximum absolute atomic E-state index is 11.9. The molecule has 1 unspecified atom stereocenters. The van der Waals surface area contributed by atoms with Crippen molar-refractivity contribution in [2.24, 2.45) is 5.41 Å². The van der Waals surface area contributed by atoms with E-state index in [9.17, 15) is 9.90 Å². The maximum atomic E-state index is 11.9. The third-order valence-corrected chi connectivity index (χ3v) is 4.01. The SMILES string of the molecule is COC(CNC(=O)CC1(O)CCCCC1)C(C)(C)C. The van der Waals surface area contributed by atoms with Crippen LogP contribution in [0.15, 0.2) is 0 Å². The van der Waals surface area contributed by atoms with Crippen LogP contribution in [0.25, 0.3) is 0 Å². The van der Waals surface area contributed by atoms with Crippen LogP contribution in [-0.4, -0.2) is 36.4 Å². The van der Waals surface area contributed by atoms with Crippen molar-refractivity contribution in [3.63, 3.8) is 0 Å². The van der Waals surface area contributed by atoms with Crippen LogP contribution in [0.5, 0.6) is 0 Å². The number of carbonyl (C=O) groups is 1. The third-order valence-electron chi connectivity index (χ3n) is 4.01. The Balaban J connectivity index is 2.38. The lowest BCUT2D eigenvalue weighted by atomic mass is 9.82. The molecule has 0 heterocycles. The Bertz CT molecular complexity index is 290. The molecule has 2 N–H and O–H groups in total. The van der Waals surface area contributed by atoms with Crippen molar-refractivity contribution in [1.82, 2.24) is 5.32 Å². The molecule has 0 aromatic rings. The molecule has 4 nitrogen and oxygen atoms in total. The molecular weight excluding hydrogens is 242 g/mol. The van der Waals surface area contributed by atoms with Gasteiger partial charge in [0, 0.05) is 13.7 Å². The van der Waals surface area contributed by atoms with Crippen LogP contribution < -0.4 is 5.32 Å². The second-order valence-electron chi connectivity index (χ2n) is 6.86. The summed E-state index contributed by atoms with van der Waals surface area (Å²) in [4.78, 5) is 11.9. The first-order valence-electron chi connectivity index (χ1n) is 7.29. The molecule has 1 saturated carbocycles. The van der Waals surface area contributed by atoms with Gasteiger partial charge in [-0.3, -0.25) is 4.79 Å². The lowest BCUT2D eigenvalue weighted by molar-refractivity contribution is -0.128. The number of nitrogens with one attached hydrogen (secondary N) is 1. The van der Waals surface area contributed by atoms with Crippen LogP contribution in [0.1, 0.15) is 59.3 Å². The van der Waals surface area contributed by atoms with E-state index in [4.69, 9.17) is 4.74 Å². The third kappa shape index (κ3) is 5.49. The second kappa shape index (κ2) is 6.71. The van der Waals surface area contributed by atoms with Gasteiger partial charge >= 0.3 is 0 Å². The quantitative estimate of drug-likeness (QED) is 0.806. The Morgan fingerprint density at radius 3 is 2.37 bits per heavy atom. The van der Waals surface area contributed by atoms with Crippen molar-refractivity contribution in [3.05, 3.63) is 0 Å². The molecule has 0 bridgehead atoms. The molecule has 0 radical (unpaired) electrons. The van der Waals surface area contributed by atoms with E-state index in [1.54, 1.807) is 7.11 Å². The molecule has 1 aliphatic rings. The predicted octanol–water partition coefficient (Wildman–Crippen LogP) is 2.25. The summed E-state index contributed by atoms with van der Waals surface area (Å²) in [5.41, 5.74) is -0.795. The Labute approximate surface area is 116 Å². The summed E-state index contributed by atoms with van der Waals surface area (Å²) in [7, 11) is 1.66. The van der Waals surface area contributed by atoms with E-state index in [1.807, 2.05) is 0 Å². The van der Waals surface area contributed by atoms with Crippen molar-refractivity contribution in [1.29, 1.82) is 0 Å². The summed E-state index contributed by atoms with van der Waals surface area (Å²) in [5, 5.41) is 13.2. The highest BCUT2D eigenvalue weighted by atomic mass is 16.5. The summed E-state index contributed by atoms with van der Waals surface area (Å²) >= 11 is 0. The van der Waals surface area contributed by atoms with Gasteiger partial charge in [-0.2, -0.15) is 0 Å². The van der Waals surface area contributed by atoms with E-state index >= 15 is 0 Å². The first-order valence-corrected chi connectivity index (χ1v) is 7.29. The van der Waals surface area contributed by atoms with Gasteiger partial charge in [-0.25, -0.2) is 0 Å². The van der Waals surface area contributed by atoms with E-state index in [0.29, 0.717) is 6.54 Å². The fourth-order valence-electron chi connectivity index (χ4n) is 2.70. The molecular formula is C15H29NO3. The largest absolute Gasteiger partial charge is 0.389 e. The molecule has 4 heteroatoms.